The van der Waals surface area contributed by atoms with Crippen molar-refractivity contribution in [2.45, 2.75) is 45.4 Å². The van der Waals surface area contributed by atoms with E-state index in [4.69, 9.17) is 4.74 Å². The van der Waals surface area contributed by atoms with Crippen LogP contribution in [0.2, 0.25) is 0 Å². The molecule has 1 rings (SSSR count). The first-order chi connectivity index (χ1) is 5.49. The minimum Gasteiger partial charge on any atom is -0.362 e. The molecule has 0 aliphatic carbocycles. The maximum atomic E-state index is 11.4. The number of methoxy groups -OCH3 is 1. The molecule has 1 saturated heterocycles. The van der Waals surface area contributed by atoms with Crippen LogP contribution in [0, 0.1) is 0 Å². The standard InChI is InChI=1S/C9H17NO2/c1-7(12-4)10-8(11)5-6-9(10,2)3/h7H,5-6H2,1-4H3. The van der Waals surface area contributed by atoms with Gasteiger partial charge in [-0.25, -0.2) is 0 Å². The van der Waals surface area contributed by atoms with Crippen LogP contribution in [-0.4, -0.2) is 29.7 Å². The number of carbonyl (C=O) groups is 1. The predicted molar refractivity (Wildman–Crippen MR) is 46.6 cm³/mol. The van der Waals surface area contributed by atoms with Crippen LogP contribution in [0.5, 0.6) is 0 Å². The quantitative estimate of drug-likeness (QED) is 0.628. The third kappa shape index (κ3) is 1.46. The lowest BCUT2D eigenvalue weighted by atomic mass is 10.0. The summed E-state index contributed by atoms with van der Waals surface area (Å²) < 4.78 is 5.15. The van der Waals surface area contributed by atoms with E-state index in [1.165, 1.54) is 0 Å². The predicted octanol–water partition coefficient (Wildman–Crippen LogP) is 1.38. The van der Waals surface area contributed by atoms with Crippen molar-refractivity contribution in [3.63, 3.8) is 0 Å². The molecule has 0 radical (unpaired) electrons. The number of nitrogens with zero attached hydrogens (tertiary/aromatic N) is 1. The number of amides is 1. The summed E-state index contributed by atoms with van der Waals surface area (Å²) in [4.78, 5) is 13.3. The molecule has 0 aromatic rings. The molecule has 3 heteroatoms. The lowest BCUT2D eigenvalue weighted by Gasteiger charge is -2.35. The Balaban J connectivity index is 2.78. The largest absolute Gasteiger partial charge is 0.362 e. The highest BCUT2D eigenvalue weighted by molar-refractivity contribution is 5.79. The summed E-state index contributed by atoms with van der Waals surface area (Å²) in [5, 5.41) is 0. The van der Waals surface area contributed by atoms with E-state index < -0.39 is 0 Å². The molecule has 0 N–H and O–H groups in total. The van der Waals surface area contributed by atoms with E-state index in [0.29, 0.717) is 6.42 Å². The fraction of sp³-hybridized carbons (Fsp3) is 0.889. The third-order valence-corrected chi connectivity index (χ3v) is 2.58. The molecule has 0 bridgehead atoms. The summed E-state index contributed by atoms with van der Waals surface area (Å²) in [5.41, 5.74) is -0.0352. The SMILES string of the molecule is COC(C)N1C(=O)CCC1(C)C. The van der Waals surface area contributed by atoms with Gasteiger partial charge in [-0.1, -0.05) is 0 Å². The van der Waals surface area contributed by atoms with Crippen molar-refractivity contribution >= 4 is 5.91 Å². The zero-order valence-electron chi connectivity index (χ0n) is 8.26. The summed E-state index contributed by atoms with van der Waals surface area (Å²) in [7, 11) is 1.63. The van der Waals surface area contributed by atoms with E-state index in [1.807, 2.05) is 11.8 Å². The number of ether oxygens (including phenoxy) is 1. The molecule has 1 atom stereocenters. The lowest BCUT2D eigenvalue weighted by Crippen LogP contribution is -2.47. The van der Waals surface area contributed by atoms with E-state index in [1.54, 1.807) is 7.11 Å². The molecule has 0 aromatic carbocycles. The summed E-state index contributed by atoms with van der Waals surface area (Å²) in [5.74, 6) is 0.203. The Morgan fingerprint density at radius 2 is 2.17 bits per heavy atom. The average Bonchev–Trinajstić information content (AvgIpc) is 2.25. The minimum absolute atomic E-state index is 0.0352. The first-order valence-electron chi connectivity index (χ1n) is 4.34. The highest BCUT2D eigenvalue weighted by Crippen LogP contribution is 2.31. The normalized spacial score (nSPS) is 24.7. The van der Waals surface area contributed by atoms with Crippen molar-refractivity contribution < 1.29 is 9.53 Å². The van der Waals surface area contributed by atoms with Crippen molar-refractivity contribution in [3.8, 4) is 0 Å². The van der Waals surface area contributed by atoms with Crippen LogP contribution >= 0.6 is 0 Å². The second kappa shape index (κ2) is 3.05. The Labute approximate surface area is 73.7 Å². The zero-order chi connectivity index (χ0) is 9.35. The first-order valence-corrected chi connectivity index (χ1v) is 4.34. The summed E-state index contributed by atoms with van der Waals surface area (Å²) >= 11 is 0. The number of carbonyl (C=O) groups excluding carboxylic acids is 1. The molecule has 1 fully saturated rings. The third-order valence-electron chi connectivity index (χ3n) is 2.58. The molecule has 1 aliphatic rings. The Hall–Kier alpha value is -0.570. The Bertz CT molecular complexity index is 189. The minimum atomic E-state index is -0.102. The summed E-state index contributed by atoms with van der Waals surface area (Å²) in [6, 6.07) is 0. The Kier molecular flexibility index (Phi) is 2.42. The van der Waals surface area contributed by atoms with Crippen LogP contribution in [0.3, 0.4) is 0 Å². The van der Waals surface area contributed by atoms with E-state index >= 15 is 0 Å². The van der Waals surface area contributed by atoms with Gasteiger partial charge in [0.15, 0.2) is 0 Å². The molecule has 0 aromatic heterocycles. The fourth-order valence-corrected chi connectivity index (χ4v) is 1.79. The van der Waals surface area contributed by atoms with Crippen molar-refractivity contribution in [3.05, 3.63) is 0 Å². The molecular formula is C9H17NO2. The van der Waals surface area contributed by atoms with Gasteiger partial charge in [0, 0.05) is 19.1 Å². The van der Waals surface area contributed by atoms with Gasteiger partial charge in [0.1, 0.15) is 6.23 Å². The van der Waals surface area contributed by atoms with Gasteiger partial charge < -0.3 is 9.64 Å². The van der Waals surface area contributed by atoms with E-state index in [-0.39, 0.29) is 17.7 Å². The van der Waals surface area contributed by atoms with Crippen LogP contribution in [0.25, 0.3) is 0 Å². The van der Waals surface area contributed by atoms with Gasteiger partial charge in [-0.15, -0.1) is 0 Å². The molecule has 70 valence electrons. The lowest BCUT2D eigenvalue weighted by molar-refractivity contribution is -0.144. The maximum Gasteiger partial charge on any atom is 0.225 e. The molecular weight excluding hydrogens is 154 g/mol. The van der Waals surface area contributed by atoms with Crippen LogP contribution < -0.4 is 0 Å². The maximum absolute atomic E-state index is 11.4. The van der Waals surface area contributed by atoms with Crippen molar-refractivity contribution in [2.75, 3.05) is 7.11 Å². The average molecular weight is 171 g/mol. The number of likely N-dealkylation sites (tertiary alicyclic amines) is 1. The second-order valence-electron chi connectivity index (χ2n) is 3.91. The van der Waals surface area contributed by atoms with Crippen LogP contribution in [0.1, 0.15) is 33.6 Å². The highest BCUT2D eigenvalue weighted by Gasteiger charge is 2.40. The van der Waals surface area contributed by atoms with Gasteiger partial charge in [-0.3, -0.25) is 4.79 Å². The molecule has 1 aliphatic heterocycles. The van der Waals surface area contributed by atoms with E-state index in [0.717, 1.165) is 6.42 Å². The van der Waals surface area contributed by atoms with Gasteiger partial charge >= 0.3 is 0 Å². The second-order valence-corrected chi connectivity index (χ2v) is 3.91. The molecule has 3 nitrogen and oxygen atoms in total. The molecule has 1 unspecified atom stereocenters. The van der Waals surface area contributed by atoms with Crippen molar-refractivity contribution in [2.24, 2.45) is 0 Å². The molecule has 1 amide bonds. The summed E-state index contributed by atoms with van der Waals surface area (Å²) in [6.07, 6.45) is 1.48. The van der Waals surface area contributed by atoms with Crippen LogP contribution in [-0.2, 0) is 9.53 Å². The topological polar surface area (TPSA) is 29.5 Å². The molecule has 1 heterocycles. The first kappa shape index (κ1) is 9.52. The molecule has 0 saturated carbocycles. The molecule has 12 heavy (non-hydrogen) atoms. The fourth-order valence-electron chi connectivity index (χ4n) is 1.79. The van der Waals surface area contributed by atoms with Crippen molar-refractivity contribution in [1.29, 1.82) is 0 Å². The number of rotatable bonds is 2. The summed E-state index contributed by atoms with van der Waals surface area (Å²) in [6.45, 7) is 6.06. The van der Waals surface area contributed by atoms with E-state index in [2.05, 4.69) is 13.8 Å². The van der Waals surface area contributed by atoms with E-state index in [9.17, 15) is 4.79 Å². The van der Waals surface area contributed by atoms with Gasteiger partial charge in [0.25, 0.3) is 0 Å². The van der Waals surface area contributed by atoms with Crippen LogP contribution in [0.4, 0.5) is 0 Å². The van der Waals surface area contributed by atoms with Crippen LogP contribution in [0.15, 0.2) is 0 Å². The van der Waals surface area contributed by atoms with Gasteiger partial charge in [-0.05, 0) is 27.2 Å². The van der Waals surface area contributed by atoms with Gasteiger partial charge in [0.2, 0.25) is 5.91 Å². The number of hydrogen-bond acceptors (Lipinski definition) is 2. The highest BCUT2D eigenvalue weighted by atomic mass is 16.5. The van der Waals surface area contributed by atoms with Gasteiger partial charge in [0.05, 0.1) is 0 Å². The van der Waals surface area contributed by atoms with Crippen molar-refractivity contribution in [1.82, 2.24) is 4.90 Å². The monoisotopic (exact) mass is 171 g/mol. The smallest absolute Gasteiger partial charge is 0.225 e. The number of hydrogen-bond donors (Lipinski definition) is 0. The Morgan fingerprint density at radius 1 is 1.58 bits per heavy atom. The van der Waals surface area contributed by atoms with Gasteiger partial charge in [-0.2, -0.15) is 0 Å². The zero-order valence-corrected chi connectivity index (χ0v) is 8.26. The molecule has 0 spiro atoms. The Morgan fingerprint density at radius 3 is 2.50 bits per heavy atom.